The fraction of sp³-hybridized carbons (Fsp3) is 0.222. The lowest BCUT2D eigenvalue weighted by atomic mass is 10.1. The smallest absolute Gasteiger partial charge is 0.119 e. The van der Waals surface area contributed by atoms with Crippen molar-refractivity contribution in [1.29, 1.82) is 0 Å². The fourth-order valence-corrected chi connectivity index (χ4v) is 1.99. The van der Waals surface area contributed by atoms with Crippen LogP contribution in [0, 0.1) is 0 Å². The van der Waals surface area contributed by atoms with E-state index in [1.165, 1.54) is 11.1 Å². The monoisotopic (exact) mass is 267 g/mol. The van der Waals surface area contributed by atoms with Gasteiger partial charge in [-0.05, 0) is 30.2 Å². The fourth-order valence-electron chi connectivity index (χ4n) is 1.99. The molecule has 0 saturated heterocycles. The lowest BCUT2D eigenvalue weighted by Crippen LogP contribution is -2.17. The van der Waals surface area contributed by atoms with E-state index >= 15 is 0 Å². The van der Waals surface area contributed by atoms with Gasteiger partial charge in [0.05, 0.1) is 0 Å². The molecule has 0 aromatic heterocycles. The van der Waals surface area contributed by atoms with Crippen LogP contribution >= 0.6 is 0 Å². The van der Waals surface area contributed by atoms with Gasteiger partial charge in [0.25, 0.3) is 0 Å². The Morgan fingerprint density at radius 1 is 1.10 bits per heavy atom. The Kier molecular flexibility index (Phi) is 5.39. The third kappa shape index (κ3) is 4.25. The molecule has 1 N–H and O–H groups in total. The molecule has 0 bridgehead atoms. The van der Waals surface area contributed by atoms with Crippen LogP contribution in [-0.2, 0) is 6.54 Å². The van der Waals surface area contributed by atoms with Gasteiger partial charge in [-0.25, -0.2) is 0 Å². The normalized spacial score (nSPS) is 11.8. The van der Waals surface area contributed by atoms with E-state index in [-0.39, 0.29) is 0 Å². The third-order valence-corrected chi connectivity index (χ3v) is 3.20. The molecule has 1 atom stereocenters. The van der Waals surface area contributed by atoms with Crippen molar-refractivity contribution >= 4 is 0 Å². The van der Waals surface area contributed by atoms with Crippen LogP contribution < -0.4 is 10.1 Å². The molecule has 0 aliphatic carbocycles. The summed E-state index contributed by atoms with van der Waals surface area (Å²) in [6, 6.07) is 19.0. The van der Waals surface area contributed by atoms with Crippen LogP contribution in [0.2, 0.25) is 0 Å². The Balaban J connectivity index is 1.86. The van der Waals surface area contributed by atoms with Gasteiger partial charge < -0.3 is 10.1 Å². The second-order valence-corrected chi connectivity index (χ2v) is 4.76. The summed E-state index contributed by atoms with van der Waals surface area (Å²) in [4.78, 5) is 0. The van der Waals surface area contributed by atoms with Crippen LogP contribution in [0.5, 0.6) is 5.75 Å². The first-order valence-corrected chi connectivity index (χ1v) is 6.90. The predicted molar refractivity (Wildman–Crippen MR) is 83.8 cm³/mol. The maximum Gasteiger partial charge on any atom is 0.119 e. The maximum atomic E-state index is 5.47. The highest BCUT2D eigenvalue weighted by molar-refractivity contribution is 5.27. The first-order chi connectivity index (χ1) is 9.79. The van der Waals surface area contributed by atoms with Gasteiger partial charge >= 0.3 is 0 Å². The number of benzene rings is 2. The van der Waals surface area contributed by atoms with Gasteiger partial charge in [-0.3, -0.25) is 0 Å². The van der Waals surface area contributed by atoms with Crippen LogP contribution in [0.4, 0.5) is 0 Å². The molecule has 2 rings (SSSR count). The molecule has 2 aromatic carbocycles. The van der Waals surface area contributed by atoms with E-state index in [1.54, 1.807) is 6.08 Å². The Bertz CT molecular complexity index is 519. The Labute approximate surface area is 121 Å². The van der Waals surface area contributed by atoms with Gasteiger partial charge in [-0.2, -0.15) is 0 Å². The topological polar surface area (TPSA) is 21.3 Å². The predicted octanol–water partition coefficient (Wildman–Crippen LogP) is 4.10. The van der Waals surface area contributed by atoms with Crippen molar-refractivity contribution in [2.75, 3.05) is 6.61 Å². The van der Waals surface area contributed by atoms with Gasteiger partial charge in [-0.15, -0.1) is 0 Å². The molecule has 2 nitrogen and oxygen atoms in total. The molecule has 0 aliphatic rings. The summed E-state index contributed by atoms with van der Waals surface area (Å²) in [5, 5.41) is 3.52. The lowest BCUT2D eigenvalue weighted by molar-refractivity contribution is 0.363. The second-order valence-electron chi connectivity index (χ2n) is 4.76. The van der Waals surface area contributed by atoms with Gasteiger partial charge in [0.15, 0.2) is 0 Å². The highest BCUT2D eigenvalue weighted by Gasteiger charge is 2.03. The summed E-state index contributed by atoms with van der Waals surface area (Å²) >= 11 is 0. The molecule has 0 spiro atoms. The first kappa shape index (κ1) is 14.4. The van der Waals surface area contributed by atoms with Gasteiger partial charge in [0.2, 0.25) is 0 Å². The van der Waals surface area contributed by atoms with Crippen molar-refractivity contribution in [1.82, 2.24) is 5.32 Å². The summed E-state index contributed by atoms with van der Waals surface area (Å²) in [5.74, 6) is 0.879. The molecule has 2 aromatic rings. The SMILES string of the molecule is C=CCOc1ccc(CNC(C)c2ccccc2)cc1. The average Bonchev–Trinajstić information content (AvgIpc) is 2.52. The molecule has 0 aliphatic heterocycles. The Morgan fingerprint density at radius 2 is 1.80 bits per heavy atom. The van der Waals surface area contributed by atoms with E-state index in [1.807, 2.05) is 18.2 Å². The minimum Gasteiger partial charge on any atom is -0.490 e. The summed E-state index contributed by atoms with van der Waals surface area (Å²) < 4.78 is 5.47. The van der Waals surface area contributed by atoms with E-state index in [0.717, 1.165) is 12.3 Å². The lowest BCUT2D eigenvalue weighted by Gasteiger charge is -2.14. The van der Waals surface area contributed by atoms with E-state index in [9.17, 15) is 0 Å². The Hall–Kier alpha value is -2.06. The zero-order chi connectivity index (χ0) is 14.2. The van der Waals surface area contributed by atoms with E-state index in [4.69, 9.17) is 4.74 Å². The minimum atomic E-state index is 0.341. The van der Waals surface area contributed by atoms with Crippen LogP contribution in [0.3, 0.4) is 0 Å². The van der Waals surface area contributed by atoms with E-state index in [0.29, 0.717) is 12.6 Å². The molecule has 20 heavy (non-hydrogen) atoms. The highest BCUT2D eigenvalue weighted by atomic mass is 16.5. The van der Waals surface area contributed by atoms with Crippen molar-refractivity contribution < 1.29 is 4.74 Å². The number of nitrogens with one attached hydrogen (secondary N) is 1. The molecule has 0 amide bonds. The van der Waals surface area contributed by atoms with Crippen molar-refractivity contribution in [3.63, 3.8) is 0 Å². The number of hydrogen-bond donors (Lipinski definition) is 1. The molecule has 0 heterocycles. The quantitative estimate of drug-likeness (QED) is 0.762. The van der Waals surface area contributed by atoms with Crippen LogP contribution in [0.25, 0.3) is 0 Å². The molecule has 104 valence electrons. The second kappa shape index (κ2) is 7.51. The molecular weight excluding hydrogens is 246 g/mol. The third-order valence-electron chi connectivity index (χ3n) is 3.20. The van der Waals surface area contributed by atoms with Crippen LogP contribution in [-0.4, -0.2) is 6.61 Å². The average molecular weight is 267 g/mol. The number of hydrogen-bond acceptors (Lipinski definition) is 2. The highest BCUT2D eigenvalue weighted by Crippen LogP contribution is 2.15. The summed E-state index contributed by atoms with van der Waals surface area (Å²) in [6.45, 7) is 7.20. The van der Waals surface area contributed by atoms with Gasteiger partial charge in [0.1, 0.15) is 12.4 Å². The molecule has 0 radical (unpaired) electrons. The molecular formula is C18H21NO. The standard InChI is InChI=1S/C18H21NO/c1-3-13-20-18-11-9-16(10-12-18)14-19-15(2)17-7-5-4-6-8-17/h3-12,15,19H,1,13-14H2,2H3. The van der Waals surface area contributed by atoms with Crippen molar-refractivity contribution in [3.05, 3.63) is 78.4 Å². The summed E-state index contributed by atoms with van der Waals surface area (Å²) in [7, 11) is 0. The van der Waals surface area contributed by atoms with Crippen molar-refractivity contribution in [2.45, 2.75) is 19.5 Å². The zero-order valence-electron chi connectivity index (χ0n) is 11.9. The molecule has 1 unspecified atom stereocenters. The molecule has 2 heteroatoms. The largest absolute Gasteiger partial charge is 0.490 e. The zero-order valence-corrected chi connectivity index (χ0v) is 11.9. The number of ether oxygens (including phenoxy) is 1. The minimum absolute atomic E-state index is 0.341. The van der Waals surface area contributed by atoms with Gasteiger partial charge in [-0.1, -0.05) is 55.1 Å². The Morgan fingerprint density at radius 3 is 2.45 bits per heavy atom. The first-order valence-electron chi connectivity index (χ1n) is 6.90. The van der Waals surface area contributed by atoms with E-state index in [2.05, 4.69) is 55.2 Å². The summed E-state index contributed by atoms with van der Waals surface area (Å²) in [6.07, 6.45) is 1.75. The van der Waals surface area contributed by atoms with Crippen LogP contribution in [0.15, 0.2) is 67.3 Å². The summed E-state index contributed by atoms with van der Waals surface area (Å²) in [5.41, 5.74) is 2.55. The van der Waals surface area contributed by atoms with Crippen molar-refractivity contribution in [2.24, 2.45) is 0 Å². The molecule has 0 fully saturated rings. The van der Waals surface area contributed by atoms with Crippen molar-refractivity contribution in [3.8, 4) is 5.75 Å². The maximum absolute atomic E-state index is 5.47. The van der Waals surface area contributed by atoms with E-state index < -0.39 is 0 Å². The van der Waals surface area contributed by atoms with Gasteiger partial charge in [0, 0.05) is 12.6 Å². The van der Waals surface area contributed by atoms with Crippen LogP contribution in [0.1, 0.15) is 24.1 Å². The molecule has 0 saturated carbocycles. The number of rotatable bonds is 7.